The predicted molar refractivity (Wildman–Crippen MR) is 62.8 cm³/mol. The molecule has 88 valence electrons. The Morgan fingerprint density at radius 1 is 1.44 bits per heavy atom. The highest BCUT2D eigenvalue weighted by Crippen LogP contribution is 2.31. The lowest BCUT2D eigenvalue weighted by molar-refractivity contribution is -0.119. The molecule has 1 aromatic rings. The lowest BCUT2D eigenvalue weighted by Crippen LogP contribution is -2.20. The molecule has 0 aliphatic rings. The van der Waals surface area contributed by atoms with Crippen molar-refractivity contribution in [1.29, 1.82) is 0 Å². The van der Waals surface area contributed by atoms with Crippen molar-refractivity contribution in [2.45, 2.75) is 13.8 Å². The van der Waals surface area contributed by atoms with Crippen LogP contribution in [0.5, 0.6) is 0 Å². The van der Waals surface area contributed by atoms with Gasteiger partial charge in [0.05, 0.1) is 5.56 Å². The number of primary amides is 1. The SMILES string of the molecule is COCC(=O)Nc1sc(C)c(C)c1C(N)=O. The number of hydrogen-bond donors (Lipinski definition) is 2. The summed E-state index contributed by atoms with van der Waals surface area (Å²) in [5, 5.41) is 3.10. The van der Waals surface area contributed by atoms with E-state index < -0.39 is 5.91 Å². The number of aryl methyl sites for hydroxylation is 1. The highest BCUT2D eigenvalue weighted by atomic mass is 32.1. The van der Waals surface area contributed by atoms with Crippen LogP contribution in [-0.4, -0.2) is 25.5 Å². The van der Waals surface area contributed by atoms with E-state index in [1.807, 2.05) is 6.92 Å². The third-order valence-corrected chi connectivity index (χ3v) is 3.28. The third kappa shape index (κ3) is 2.59. The van der Waals surface area contributed by atoms with Crippen LogP contribution in [-0.2, 0) is 9.53 Å². The van der Waals surface area contributed by atoms with Gasteiger partial charge in [-0.15, -0.1) is 11.3 Å². The summed E-state index contributed by atoms with van der Waals surface area (Å²) in [5.74, 6) is -0.833. The van der Waals surface area contributed by atoms with Gasteiger partial charge in [-0.3, -0.25) is 9.59 Å². The number of nitrogens with two attached hydrogens (primary N) is 1. The summed E-state index contributed by atoms with van der Waals surface area (Å²) in [6.45, 7) is 3.63. The van der Waals surface area contributed by atoms with Crippen molar-refractivity contribution in [2.24, 2.45) is 5.73 Å². The van der Waals surface area contributed by atoms with Gasteiger partial charge in [0.15, 0.2) is 0 Å². The minimum atomic E-state index is -0.533. The molecule has 6 heteroatoms. The zero-order chi connectivity index (χ0) is 12.3. The molecule has 2 amide bonds. The van der Waals surface area contributed by atoms with Gasteiger partial charge in [0, 0.05) is 12.0 Å². The molecule has 1 aromatic heterocycles. The van der Waals surface area contributed by atoms with Crippen LogP contribution in [0.15, 0.2) is 0 Å². The van der Waals surface area contributed by atoms with E-state index in [-0.39, 0.29) is 12.5 Å². The lowest BCUT2D eigenvalue weighted by atomic mass is 10.1. The molecule has 0 fully saturated rings. The highest BCUT2D eigenvalue weighted by molar-refractivity contribution is 7.16. The number of carbonyl (C=O) groups excluding carboxylic acids is 2. The highest BCUT2D eigenvalue weighted by Gasteiger charge is 2.18. The number of thiophene rings is 1. The number of ether oxygens (including phenoxy) is 1. The number of amides is 2. The summed E-state index contributed by atoms with van der Waals surface area (Å²) in [4.78, 5) is 23.5. The number of carbonyl (C=O) groups is 2. The van der Waals surface area contributed by atoms with E-state index in [9.17, 15) is 9.59 Å². The molecule has 1 heterocycles. The van der Waals surface area contributed by atoms with Crippen molar-refractivity contribution < 1.29 is 14.3 Å². The molecule has 3 N–H and O–H groups in total. The molecule has 0 saturated carbocycles. The molecule has 0 aliphatic heterocycles. The maximum Gasteiger partial charge on any atom is 0.251 e. The van der Waals surface area contributed by atoms with E-state index in [1.165, 1.54) is 18.4 Å². The minimum Gasteiger partial charge on any atom is -0.375 e. The molecular weight excluding hydrogens is 228 g/mol. The summed E-state index contributed by atoms with van der Waals surface area (Å²) in [7, 11) is 1.43. The second-order valence-electron chi connectivity index (χ2n) is 3.33. The van der Waals surface area contributed by atoms with Crippen molar-refractivity contribution in [2.75, 3.05) is 19.0 Å². The van der Waals surface area contributed by atoms with Crippen LogP contribution in [0.2, 0.25) is 0 Å². The van der Waals surface area contributed by atoms with Gasteiger partial charge in [-0.2, -0.15) is 0 Å². The Morgan fingerprint density at radius 3 is 2.56 bits per heavy atom. The van der Waals surface area contributed by atoms with Gasteiger partial charge in [-0.05, 0) is 19.4 Å². The Hall–Kier alpha value is -1.40. The van der Waals surface area contributed by atoms with Crippen LogP contribution < -0.4 is 11.1 Å². The third-order valence-electron chi connectivity index (χ3n) is 2.16. The van der Waals surface area contributed by atoms with Gasteiger partial charge in [0.1, 0.15) is 11.6 Å². The van der Waals surface area contributed by atoms with Gasteiger partial charge in [-0.1, -0.05) is 0 Å². The number of nitrogens with one attached hydrogen (secondary N) is 1. The molecule has 5 nitrogen and oxygen atoms in total. The molecule has 1 rings (SSSR count). The van der Waals surface area contributed by atoms with Gasteiger partial charge < -0.3 is 15.8 Å². The molecule has 0 unspecified atom stereocenters. The molecule has 0 spiro atoms. The van der Waals surface area contributed by atoms with Crippen LogP contribution in [0.3, 0.4) is 0 Å². The first-order chi connectivity index (χ1) is 7.47. The predicted octanol–water partition coefficient (Wildman–Crippen LogP) is 1.05. The number of rotatable bonds is 4. The number of methoxy groups -OCH3 is 1. The second-order valence-corrected chi connectivity index (χ2v) is 4.56. The minimum absolute atomic E-state index is 0.0474. The van der Waals surface area contributed by atoms with Crippen molar-refractivity contribution in [1.82, 2.24) is 0 Å². The Morgan fingerprint density at radius 2 is 2.06 bits per heavy atom. The first-order valence-corrected chi connectivity index (χ1v) is 5.47. The average Bonchev–Trinajstić information content (AvgIpc) is 2.42. The van der Waals surface area contributed by atoms with Crippen LogP contribution in [0.1, 0.15) is 20.8 Å². The number of hydrogen-bond acceptors (Lipinski definition) is 4. The van der Waals surface area contributed by atoms with Crippen molar-refractivity contribution in [3.63, 3.8) is 0 Å². The Labute approximate surface area is 97.6 Å². The normalized spacial score (nSPS) is 10.2. The Bertz CT molecular complexity index is 426. The molecule has 0 saturated heterocycles. The molecule has 0 aromatic carbocycles. The van der Waals surface area contributed by atoms with Crippen LogP contribution in [0.4, 0.5) is 5.00 Å². The van der Waals surface area contributed by atoms with E-state index in [4.69, 9.17) is 5.73 Å². The molecule has 0 radical (unpaired) electrons. The molecule has 0 aliphatic carbocycles. The van der Waals surface area contributed by atoms with Gasteiger partial charge in [-0.25, -0.2) is 0 Å². The van der Waals surface area contributed by atoms with Crippen LogP contribution >= 0.6 is 11.3 Å². The van der Waals surface area contributed by atoms with Crippen molar-refractivity contribution >= 4 is 28.2 Å². The fourth-order valence-electron chi connectivity index (χ4n) is 1.31. The summed E-state index contributed by atoms with van der Waals surface area (Å²) in [5.41, 5.74) is 6.46. The van der Waals surface area contributed by atoms with Crippen molar-refractivity contribution in [3.8, 4) is 0 Å². The average molecular weight is 242 g/mol. The van der Waals surface area contributed by atoms with Crippen LogP contribution in [0.25, 0.3) is 0 Å². The first kappa shape index (κ1) is 12.7. The quantitative estimate of drug-likeness (QED) is 0.828. The molecule has 16 heavy (non-hydrogen) atoms. The maximum atomic E-state index is 11.3. The fourth-order valence-corrected chi connectivity index (χ4v) is 2.39. The van der Waals surface area contributed by atoms with E-state index in [0.717, 1.165) is 10.4 Å². The van der Waals surface area contributed by atoms with Gasteiger partial charge in [0.25, 0.3) is 11.8 Å². The Balaban J connectivity index is 3.00. The summed E-state index contributed by atoms with van der Waals surface area (Å²) >= 11 is 1.34. The van der Waals surface area contributed by atoms with Crippen LogP contribution in [0, 0.1) is 13.8 Å². The topological polar surface area (TPSA) is 81.4 Å². The van der Waals surface area contributed by atoms with Gasteiger partial charge >= 0.3 is 0 Å². The Kier molecular flexibility index (Phi) is 4.03. The smallest absolute Gasteiger partial charge is 0.251 e. The molecule has 0 bridgehead atoms. The zero-order valence-corrected chi connectivity index (χ0v) is 10.2. The lowest BCUT2D eigenvalue weighted by Gasteiger charge is -2.03. The molecule has 0 atom stereocenters. The first-order valence-electron chi connectivity index (χ1n) is 4.66. The van der Waals surface area contributed by atoms with E-state index >= 15 is 0 Å². The van der Waals surface area contributed by atoms with E-state index in [2.05, 4.69) is 10.1 Å². The van der Waals surface area contributed by atoms with E-state index in [0.29, 0.717) is 10.6 Å². The summed E-state index contributed by atoms with van der Waals surface area (Å²) in [6, 6.07) is 0. The standard InChI is InChI=1S/C10H14N2O3S/c1-5-6(2)16-10(8(5)9(11)14)12-7(13)4-15-3/h4H2,1-3H3,(H2,11,14)(H,12,13). The largest absolute Gasteiger partial charge is 0.375 e. The van der Waals surface area contributed by atoms with E-state index in [1.54, 1.807) is 6.92 Å². The molecular formula is C10H14N2O3S. The maximum absolute atomic E-state index is 11.3. The monoisotopic (exact) mass is 242 g/mol. The van der Waals surface area contributed by atoms with Crippen molar-refractivity contribution in [3.05, 3.63) is 16.0 Å². The fraction of sp³-hybridized carbons (Fsp3) is 0.400. The second kappa shape index (κ2) is 5.09. The zero-order valence-electron chi connectivity index (χ0n) is 9.42. The summed E-state index contributed by atoms with van der Waals surface area (Å²) < 4.78 is 4.69. The summed E-state index contributed by atoms with van der Waals surface area (Å²) in [6.07, 6.45) is 0. The van der Waals surface area contributed by atoms with Gasteiger partial charge in [0.2, 0.25) is 0 Å². The number of anilines is 1.